The molecule has 1 saturated heterocycles. The predicted octanol–water partition coefficient (Wildman–Crippen LogP) is 1.85. The van der Waals surface area contributed by atoms with Crippen LogP contribution >= 0.6 is 11.8 Å². The Morgan fingerprint density at radius 2 is 2.41 bits per heavy atom. The molecule has 5 heteroatoms. The van der Waals surface area contributed by atoms with E-state index in [1.807, 2.05) is 30.8 Å². The Kier molecular flexibility index (Phi) is 2.63. The number of pyridine rings is 1. The van der Waals surface area contributed by atoms with Crippen LogP contribution in [0.15, 0.2) is 23.4 Å². The summed E-state index contributed by atoms with van der Waals surface area (Å²) in [5.74, 6) is 2.06. The maximum Gasteiger partial charge on any atom is 0.257 e. The molecule has 0 saturated carbocycles. The lowest BCUT2D eigenvalue weighted by atomic mass is 10.0. The van der Waals surface area contributed by atoms with Crippen LogP contribution in [0.1, 0.15) is 12.1 Å². The van der Waals surface area contributed by atoms with Crippen molar-refractivity contribution in [1.82, 2.24) is 4.98 Å². The number of aryl methyl sites for hydroxylation is 1. The number of hydrogen-bond donors (Lipinski definition) is 0. The van der Waals surface area contributed by atoms with Gasteiger partial charge in [0.1, 0.15) is 0 Å². The third kappa shape index (κ3) is 1.84. The van der Waals surface area contributed by atoms with Gasteiger partial charge >= 0.3 is 0 Å². The van der Waals surface area contributed by atoms with E-state index in [1.54, 1.807) is 11.2 Å². The van der Waals surface area contributed by atoms with Crippen LogP contribution in [0.4, 0.5) is 5.69 Å². The molecule has 0 radical (unpaired) electrons. The maximum absolute atomic E-state index is 12.2. The number of fused-ring (bicyclic) bond motifs is 1. The Labute approximate surface area is 104 Å². The molecule has 1 fully saturated rings. The van der Waals surface area contributed by atoms with E-state index in [1.165, 1.54) is 0 Å². The Morgan fingerprint density at radius 3 is 3.18 bits per heavy atom. The fourth-order valence-electron chi connectivity index (χ4n) is 2.15. The molecule has 2 aliphatic rings. The Hall–Kier alpha value is -1.36. The standard InChI is InChI=1S/C12H13N3OS/c1-8-6-9(2-4-13-8)15-12(16)10-7-17-5-3-11(10)14-15/h2,4,6,10H,3,5,7H2,1H3. The highest BCUT2D eigenvalue weighted by Gasteiger charge is 2.38. The van der Waals surface area contributed by atoms with Gasteiger partial charge in [-0.2, -0.15) is 16.9 Å². The number of hydrogen-bond acceptors (Lipinski definition) is 4. The third-order valence-electron chi connectivity index (χ3n) is 3.05. The van der Waals surface area contributed by atoms with Crippen molar-refractivity contribution >= 4 is 29.1 Å². The van der Waals surface area contributed by atoms with Crippen molar-refractivity contribution in [3.63, 3.8) is 0 Å². The maximum atomic E-state index is 12.2. The molecule has 0 bridgehead atoms. The van der Waals surface area contributed by atoms with Crippen molar-refractivity contribution in [1.29, 1.82) is 0 Å². The average Bonchev–Trinajstić information content (AvgIpc) is 2.68. The number of rotatable bonds is 1. The highest BCUT2D eigenvalue weighted by Crippen LogP contribution is 2.30. The average molecular weight is 247 g/mol. The zero-order chi connectivity index (χ0) is 11.8. The molecule has 3 heterocycles. The molecule has 2 aliphatic heterocycles. The van der Waals surface area contributed by atoms with Gasteiger partial charge in [-0.05, 0) is 31.2 Å². The van der Waals surface area contributed by atoms with E-state index in [4.69, 9.17) is 0 Å². The molecule has 0 aromatic carbocycles. The lowest BCUT2D eigenvalue weighted by molar-refractivity contribution is -0.119. The molecule has 3 rings (SSSR count). The number of carbonyl (C=O) groups is 1. The molecule has 0 aliphatic carbocycles. The zero-order valence-corrected chi connectivity index (χ0v) is 10.4. The van der Waals surface area contributed by atoms with E-state index in [0.717, 1.165) is 35.0 Å². The molecule has 0 N–H and O–H groups in total. The smallest absolute Gasteiger partial charge is 0.257 e. The van der Waals surface area contributed by atoms with Gasteiger partial charge in [-0.15, -0.1) is 0 Å². The minimum absolute atomic E-state index is 0.00206. The number of thioether (sulfide) groups is 1. The summed E-state index contributed by atoms with van der Waals surface area (Å²) in [5, 5.41) is 6.00. The van der Waals surface area contributed by atoms with Crippen molar-refractivity contribution in [2.24, 2.45) is 11.0 Å². The van der Waals surface area contributed by atoms with Gasteiger partial charge in [0.05, 0.1) is 17.3 Å². The molecule has 1 aromatic heterocycles. The first-order valence-electron chi connectivity index (χ1n) is 5.67. The van der Waals surface area contributed by atoms with Crippen LogP contribution in [-0.4, -0.2) is 28.1 Å². The van der Waals surface area contributed by atoms with Crippen molar-refractivity contribution in [2.75, 3.05) is 16.5 Å². The monoisotopic (exact) mass is 247 g/mol. The summed E-state index contributed by atoms with van der Waals surface area (Å²) in [7, 11) is 0. The quantitative estimate of drug-likeness (QED) is 0.760. The minimum atomic E-state index is 0.00206. The van der Waals surface area contributed by atoms with E-state index in [2.05, 4.69) is 10.1 Å². The lowest BCUT2D eigenvalue weighted by Crippen LogP contribution is -2.31. The third-order valence-corrected chi connectivity index (χ3v) is 4.11. The van der Waals surface area contributed by atoms with Crippen LogP contribution in [0.25, 0.3) is 0 Å². The first kappa shape index (κ1) is 10.8. The molecular weight excluding hydrogens is 234 g/mol. The Balaban J connectivity index is 1.94. The van der Waals surface area contributed by atoms with Crippen LogP contribution < -0.4 is 5.01 Å². The summed E-state index contributed by atoms with van der Waals surface area (Å²) < 4.78 is 0. The van der Waals surface area contributed by atoms with Crippen molar-refractivity contribution in [3.05, 3.63) is 24.0 Å². The highest BCUT2D eigenvalue weighted by atomic mass is 32.2. The first-order valence-corrected chi connectivity index (χ1v) is 6.83. The van der Waals surface area contributed by atoms with Crippen LogP contribution in [0.2, 0.25) is 0 Å². The van der Waals surface area contributed by atoms with Gasteiger partial charge in [-0.3, -0.25) is 9.78 Å². The number of nitrogens with zero attached hydrogens (tertiary/aromatic N) is 3. The summed E-state index contributed by atoms with van der Waals surface area (Å²) in [6.45, 7) is 1.92. The number of amides is 1. The van der Waals surface area contributed by atoms with Gasteiger partial charge < -0.3 is 0 Å². The first-order chi connectivity index (χ1) is 8.25. The molecule has 1 atom stereocenters. The summed E-state index contributed by atoms with van der Waals surface area (Å²) in [6, 6.07) is 3.73. The topological polar surface area (TPSA) is 45.6 Å². The molecule has 1 unspecified atom stereocenters. The second kappa shape index (κ2) is 4.14. The Morgan fingerprint density at radius 1 is 1.53 bits per heavy atom. The number of anilines is 1. The van der Waals surface area contributed by atoms with Gasteiger partial charge in [0.2, 0.25) is 0 Å². The Bertz CT molecular complexity index is 500. The van der Waals surface area contributed by atoms with E-state index >= 15 is 0 Å². The number of carbonyl (C=O) groups excluding carboxylic acids is 1. The van der Waals surface area contributed by atoms with Crippen LogP contribution in [0, 0.1) is 12.8 Å². The van der Waals surface area contributed by atoms with Gasteiger partial charge in [-0.1, -0.05) is 0 Å². The zero-order valence-electron chi connectivity index (χ0n) is 9.59. The molecule has 88 valence electrons. The number of hydrazone groups is 1. The van der Waals surface area contributed by atoms with Crippen molar-refractivity contribution in [3.8, 4) is 0 Å². The van der Waals surface area contributed by atoms with Gasteiger partial charge in [0, 0.05) is 17.6 Å². The number of aromatic nitrogens is 1. The fourth-order valence-corrected chi connectivity index (χ4v) is 3.25. The largest absolute Gasteiger partial charge is 0.272 e. The van der Waals surface area contributed by atoms with Gasteiger partial charge in [0.15, 0.2) is 0 Å². The second-order valence-electron chi connectivity index (χ2n) is 4.27. The summed E-state index contributed by atoms with van der Waals surface area (Å²) in [5.41, 5.74) is 2.78. The lowest BCUT2D eigenvalue weighted by Gasteiger charge is -2.16. The van der Waals surface area contributed by atoms with Crippen LogP contribution in [-0.2, 0) is 4.79 Å². The van der Waals surface area contributed by atoms with Crippen LogP contribution in [0.3, 0.4) is 0 Å². The molecule has 1 aromatic rings. The summed E-state index contributed by atoms with van der Waals surface area (Å²) in [4.78, 5) is 16.4. The van der Waals surface area contributed by atoms with Gasteiger partial charge in [-0.25, -0.2) is 5.01 Å². The van der Waals surface area contributed by atoms with E-state index in [0.29, 0.717) is 0 Å². The minimum Gasteiger partial charge on any atom is -0.272 e. The van der Waals surface area contributed by atoms with Crippen molar-refractivity contribution < 1.29 is 4.79 Å². The van der Waals surface area contributed by atoms with E-state index in [-0.39, 0.29) is 11.8 Å². The van der Waals surface area contributed by atoms with Crippen molar-refractivity contribution in [2.45, 2.75) is 13.3 Å². The molecule has 1 amide bonds. The molecular formula is C12H13N3OS. The van der Waals surface area contributed by atoms with E-state index < -0.39 is 0 Å². The molecule has 0 spiro atoms. The summed E-state index contributed by atoms with van der Waals surface area (Å²) in [6.07, 6.45) is 2.65. The SMILES string of the molecule is Cc1cc(N2N=C3CCSCC3C2=O)ccn1. The van der Waals surface area contributed by atoms with Gasteiger partial charge in [0.25, 0.3) is 5.91 Å². The molecule has 4 nitrogen and oxygen atoms in total. The molecule has 17 heavy (non-hydrogen) atoms. The normalized spacial score (nSPS) is 23.6. The highest BCUT2D eigenvalue weighted by molar-refractivity contribution is 7.99. The second-order valence-corrected chi connectivity index (χ2v) is 5.42. The van der Waals surface area contributed by atoms with Crippen LogP contribution in [0.5, 0.6) is 0 Å². The summed E-state index contributed by atoms with van der Waals surface area (Å²) >= 11 is 1.83. The van der Waals surface area contributed by atoms with E-state index in [9.17, 15) is 4.79 Å². The predicted molar refractivity (Wildman–Crippen MR) is 69.3 cm³/mol. The fraction of sp³-hybridized carbons (Fsp3) is 0.417.